The minimum atomic E-state index is -1.55. The van der Waals surface area contributed by atoms with Crippen molar-refractivity contribution in [1.29, 1.82) is 0 Å². The number of β-amino-alcohol motifs (C(OH)–C–C–N with tert-alkyl or cyclic N) is 1. The van der Waals surface area contributed by atoms with Crippen LogP contribution in [0.15, 0.2) is 84.9 Å². The maximum Gasteiger partial charge on any atom is 0.247 e. The van der Waals surface area contributed by atoms with Crippen molar-refractivity contribution in [2.75, 3.05) is 6.54 Å². The molecule has 0 spiro atoms. The predicted octanol–water partition coefficient (Wildman–Crippen LogP) is 4.88. The molecule has 0 radical (unpaired) electrons. The van der Waals surface area contributed by atoms with Crippen molar-refractivity contribution < 1.29 is 14.6 Å². The van der Waals surface area contributed by atoms with E-state index in [9.17, 15) is 5.11 Å². The standard InChI is InChI=1S/C25H29NO3/c1-24(2,3)26-19-25(27,29-22-15-8-5-9-16-22)23-17-11-10-12-20(23)18-28-21-13-6-4-7-14-21/h4-17,26-27H,18-19H2,1-3H3. The first kappa shape index (κ1) is 20.9. The molecule has 0 fully saturated rings. The highest BCUT2D eigenvalue weighted by Gasteiger charge is 2.35. The molecule has 3 aromatic carbocycles. The monoisotopic (exact) mass is 391 g/mol. The van der Waals surface area contributed by atoms with Gasteiger partial charge in [0.1, 0.15) is 18.1 Å². The quantitative estimate of drug-likeness (QED) is 0.538. The lowest BCUT2D eigenvalue weighted by atomic mass is 9.98. The second kappa shape index (κ2) is 9.12. The fourth-order valence-corrected chi connectivity index (χ4v) is 2.96. The van der Waals surface area contributed by atoms with Gasteiger partial charge in [-0.05, 0) is 50.6 Å². The van der Waals surface area contributed by atoms with Crippen LogP contribution in [0.4, 0.5) is 0 Å². The number of hydrogen-bond donors (Lipinski definition) is 2. The molecule has 4 nitrogen and oxygen atoms in total. The Kier molecular flexibility index (Phi) is 6.57. The van der Waals surface area contributed by atoms with Gasteiger partial charge in [-0.1, -0.05) is 60.7 Å². The third-order valence-electron chi connectivity index (χ3n) is 4.46. The molecule has 0 saturated carbocycles. The molecule has 0 saturated heterocycles. The summed E-state index contributed by atoms with van der Waals surface area (Å²) in [4.78, 5) is 0. The van der Waals surface area contributed by atoms with Crippen LogP contribution in [-0.2, 0) is 12.4 Å². The zero-order valence-electron chi connectivity index (χ0n) is 17.3. The van der Waals surface area contributed by atoms with Crippen molar-refractivity contribution in [3.8, 4) is 11.5 Å². The third-order valence-corrected chi connectivity index (χ3v) is 4.46. The number of rotatable bonds is 8. The normalized spacial score (nSPS) is 13.5. The topological polar surface area (TPSA) is 50.7 Å². The van der Waals surface area contributed by atoms with E-state index in [1.165, 1.54) is 0 Å². The van der Waals surface area contributed by atoms with E-state index in [0.717, 1.165) is 11.3 Å². The molecule has 152 valence electrons. The second-order valence-electron chi connectivity index (χ2n) is 8.06. The lowest BCUT2D eigenvalue weighted by Crippen LogP contribution is -2.49. The van der Waals surface area contributed by atoms with Crippen LogP contribution in [0.25, 0.3) is 0 Å². The average molecular weight is 392 g/mol. The number of nitrogens with one attached hydrogen (secondary N) is 1. The van der Waals surface area contributed by atoms with Crippen molar-refractivity contribution in [3.05, 3.63) is 96.1 Å². The molecule has 2 N–H and O–H groups in total. The first-order chi connectivity index (χ1) is 13.9. The lowest BCUT2D eigenvalue weighted by molar-refractivity contribution is -0.145. The Bertz CT molecular complexity index is 891. The van der Waals surface area contributed by atoms with Crippen LogP contribution in [0, 0.1) is 0 Å². The molecule has 0 aromatic heterocycles. The minimum Gasteiger partial charge on any atom is -0.489 e. The smallest absolute Gasteiger partial charge is 0.247 e. The lowest BCUT2D eigenvalue weighted by Gasteiger charge is -2.34. The van der Waals surface area contributed by atoms with E-state index < -0.39 is 5.79 Å². The van der Waals surface area contributed by atoms with E-state index in [0.29, 0.717) is 17.9 Å². The van der Waals surface area contributed by atoms with E-state index >= 15 is 0 Å². The van der Waals surface area contributed by atoms with Crippen LogP contribution >= 0.6 is 0 Å². The van der Waals surface area contributed by atoms with Gasteiger partial charge in [0, 0.05) is 11.1 Å². The number of para-hydroxylation sites is 2. The summed E-state index contributed by atoms with van der Waals surface area (Å²) in [6, 6.07) is 26.7. The molecule has 3 rings (SSSR count). The molecule has 0 heterocycles. The van der Waals surface area contributed by atoms with Crippen LogP contribution in [-0.4, -0.2) is 17.2 Å². The fraction of sp³-hybridized carbons (Fsp3) is 0.280. The Morgan fingerprint density at radius 2 is 1.31 bits per heavy atom. The van der Waals surface area contributed by atoms with Gasteiger partial charge in [-0.15, -0.1) is 0 Å². The van der Waals surface area contributed by atoms with Gasteiger partial charge in [-0.3, -0.25) is 0 Å². The van der Waals surface area contributed by atoms with Gasteiger partial charge in [-0.25, -0.2) is 0 Å². The van der Waals surface area contributed by atoms with Crippen LogP contribution < -0.4 is 14.8 Å². The largest absolute Gasteiger partial charge is 0.489 e. The van der Waals surface area contributed by atoms with Crippen LogP contribution in [0.3, 0.4) is 0 Å². The van der Waals surface area contributed by atoms with Gasteiger partial charge in [0.2, 0.25) is 5.79 Å². The molecular weight excluding hydrogens is 362 g/mol. The first-order valence-corrected chi connectivity index (χ1v) is 9.83. The summed E-state index contributed by atoms with van der Waals surface area (Å²) in [5.74, 6) is -0.169. The molecule has 1 unspecified atom stereocenters. The van der Waals surface area contributed by atoms with Gasteiger partial charge in [0.05, 0.1) is 6.54 Å². The molecule has 0 aliphatic heterocycles. The summed E-state index contributed by atoms with van der Waals surface area (Å²) in [5.41, 5.74) is 1.37. The van der Waals surface area contributed by atoms with Crippen molar-refractivity contribution in [1.82, 2.24) is 5.32 Å². The molecule has 4 heteroatoms. The van der Waals surface area contributed by atoms with E-state index in [1.807, 2.05) is 84.9 Å². The molecule has 29 heavy (non-hydrogen) atoms. The summed E-state index contributed by atoms with van der Waals surface area (Å²) in [7, 11) is 0. The maximum absolute atomic E-state index is 11.6. The molecule has 1 atom stereocenters. The maximum atomic E-state index is 11.6. The first-order valence-electron chi connectivity index (χ1n) is 9.83. The van der Waals surface area contributed by atoms with Gasteiger partial charge >= 0.3 is 0 Å². The highest BCUT2D eigenvalue weighted by Crippen LogP contribution is 2.29. The summed E-state index contributed by atoms with van der Waals surface area (Å²) >= 11 is 0. The second-order valence-corrected chi connectivity index (χ2v) is 8.06. The Balaban J connectivity index is 1.90. The van der Waals surface area contributed by atoms with Crippen molar-refractivity contribution in [2.24, 2.45) is 0 Å². The van der Waals surface area contributed by atoms with Crippen molar-refractivity contribution in [3.63, 3.8) is 0 Å². The van der Waals surface area contributed by atoms with Crippen LogP contribution in [0.5, 0.6) is 11.5 Å². The molecule has 0 bridgehead atoms. The van der Waals surface area contributed by atoms with Gasteiger partial charge in [0.25, 0.3) is 0 Å². The molecule has 0 amide bonds. The number of benzene rings is 3. The molecule has 0 aliphatic rings. The Hall–Kier alpha value is -2.82. The summed E-state index contributed by atoms with van der Waals surface area (Å²) < 4.78 is 12.1. The highest BCUT2D eigenvalue weighted by molar-refractivity contribution is 5.34. The fourth-order valence-electron chi connectivity index (χ4n) is 2.96. The minimum absolute atomic E-state index is 0.177. The van der Waals surface area contributed by atoms with Crippen LogP contribution in [0.1, 0.15) is 31.9 Å². The SMILES string of the molecule is CC(C)(C)NCC(O)(Oc1ccccc1)c1ccccc1COc1ccccc1. The molecule has 3 aromatic rings. The van der Waals surface area contributed by atoms with Gasteiger partial charge in [0.15, 0.2) is 0 Å². The summed E-state index contributed by atoms with van der Waals surface area (Å²) in [6.45, 7) is 6.73. The number of hydrogen-bond acceptors (Lipinski definition) is 4. The molecular formula is C25H29NO3. The zero-order valence-corrected chi connectivity index (χ0v) is 17.3. The summed E-state index contributed by atoms with van der Waals surface area (Å²) in [6.07, 6.45) is 0. The van der Waals surface area contributed by atoms with E-state index in [-0.39, 0.29) is 12.1 Å². The summed E-state index contributed by atoms with van der Waals surface area (Å²) in [5, 5.41) is 15.0. The van der Waals surface area contributed by atoms with E-state index in [2.05, 4.69) is 26.1 Å². The Morgan fingerprint density at radius 3 is 1.93 bits per heavy atom. The highest BCUT2D eigenvalue weighted by atomic mass is 16.6. The van der Waals surface area contributed by atoms with Crippen LogP contribution in [0.2, 0.25) is 0 Å². The molecule has 0 aliphatic carbocycles. The number of ether oxygens (including phenoxy) is 2. The van der Waals surface area contributed by atoms with Crippen molar-refractivity contribution >= 4 is 0 Å². The predicted molar refractivity (Wildman–Crippen MR) is 116 cm³/mol. The zero-order chi connectivity index (χ0) is 20.7. The van der Waals surface area contributed by atoms with E-state index in [1.54, 1.807) is 0 Å². The van der Waals surface area contributed by atoms with Gasteiger partial charge < -0.3 is 19.9 Å². The number of aliphatic hydroxyl groups is 1. The van der Waals surface area contributed by atoms with Gasteiger partial charge in [-0.2, -0.15) is 0 Å². The average Bonchev–Trinajstić information content (AvgIpc) is 2.72. The van der Waals surface area contributed by atoms with E-state index in [4.69, 9.17) is 9.47 Å². The Morgan fingerprint density at radius 1 is 0.759 bits per heavy atom. The van der Waals surface area contributed by atoms with Crippen molar-refractivity contribution in [2.45, 2.75) is 38.7 Å². The third kappa shape index (κ3) is 6.08. The Labute approximate surface area is 173 Å².